The first kappa shape index (κ1) is 15.5. The second kappa shape index (κ2) is 7.23. The largest absolute Gasteiger partial charge is 0.491 e. The van der Waals surface area contributed by atoms with Gasteiger partial charge in [0.25, 0.3) is 0 Å². The molecular weight excluding hydrogens is 265 g/mol. The number of hydrogen-bond acceptors (Lipinski definition) is 2. The fraction of sp³-hybridized carbons (Fsp3) is 0.333. The lowest BCUT2D eigenvalue weighted by Gasteiger charge is -2.17. The highest BCUT2D eigenvalue weighted by Crippen LogP contribution is 2.21. The summed E-state index contributed by atoms with van der Waals surface area (Å²) in [5.74, 6) is 0.702. The van der Waals surface area contributed by atoms with Gasteiger partial charge in [0.1, 0.15) is 11.6 Å². The maximum Gasteiger partial charge on any atom is 0.124 e. The summed E-state index contributed by atoms with van der Waals surface area (Å²) in [7, 11) is 0. The summed E-state index contributed by atoms with van der Waals surface area (Å²) >= 11 is 0. The highest BCUT2D eigenvalue weighted by atomic mass is 19.1. The molecule has 0 saturated carbocycles. The average molecular weight is 287 g/mol. The molecule has 0 fully saturated rings. The molecule has 0 bridgehead atoms. The van der Waals surface area contributed by atoms with Crippen molar-refractivity contribution in [2.75, 3.05) is 0 Å². The van der Waals surface area contributed by atoms with E-state index >= 15 is 0 Å². The minimum Gasteiger partial charge on any atom is -0.491 e. The molecule has 1 atom stereocenters. The van der Waals surface area contributed by atoms with Gasteiger partial charge in [-0.1, -0.05) is 30.3 Å². The molecule has 0 spiro atoms. The summed E-state index contributed by atoms with van der Waals surface area (Å²) in [5, 5.41) is 3.45. The Bertz CT molecular complexity index is 566. The Morgan fingerprint density at radius 3 is 2.33 bits per heavy atom. The molecular formula is C18H22FNO. The van der Waals surface area contributed by atoms with Gasteiger partial charge in [-0.3, -0.25) is 0 Å². The molecule has 2 rings (SSSR count). The van der Waals surface area contributed by atoms with E-state index in [2.05, 4.69) is 18.3 Å². The van der Waals surface area contributed by atoms with Gasteiger partial charge >= 0.3 is 0 Å². The number of para-hydroxylation sites is 1. The topological polar surface area (TPSA) is 21.3 Å². The number of nitrogens with one attached hydrogen (secondary N) is 1. The van der Waals surface area contributed by atoms with E-state index in [0.29, 0.717) is 6.54 Å². The number of hydrogen-bond donors (Lipinski definition) is 1. The summed E-state index contributed by atoms with van der Waals surface area (Å²) in [5.41, 5.74) is 2.19. The van der Waals surface area contributed by atoms with Crippen LogP contribution in [0.3, 0.4) is 0 Å². The first-order valence-corrected chi connectivity index (χ1v) is 7.29. The predicted octanol–water partition coefficient (Wildman–Crippen LogP) is 4.46. The van der Waals surface area contributed by atoms with Crippen LogP contribution in [-0.4, -0.2) is 6.10 Å². The molecule has 0 aliphatic rings. The van der Waals surface area contributed by atoms with Crippen molar-refractivity contribution in [1.82, 2.24) is 5.32 Å². The summed E-state index contributed by atoms with van der Waals surface area (Å²) in [4.78, 5) is 0. The van der Waals surface area contributed by atoms with Gasteiger partial charge in [0.2, 0.25) is 0 Å². The summed E-state index contributed by atoms with van der Waals surface area (Å²) in [6.07, 6.45) is 0.153. The Morgan fingerprint density at radius 1 is 1.00 bits per heavy atom. The zero-order chi connectivity index (χ0) is 15.2. The van der Waals surface area contributed by atoms with Crippen LogP contribution < -0.4 is 10.1 Å². The second-order valence-electron chi connectivity index (χ2n) is 5.43. The molecule has 2 aromatic carbocycles. The summed E-state index contributed by atoms with van der Waals surface area (Å²) < 4.78 is 18.7. The van der Waals surface area contributed by atoms with Crippen LogP contribution in [0.1, 0.15) is 37.9 Å². The van der Waals surface area contributed by atoms with Crippen molar-refractivity contribution in [2.24, 2.45) is 0 Å². The maximum atomic E-state index is 12.9. The average Bonchev–Trinajstić information content (AvgIpc) is 2.46. The zero-order valence-corrected chi connectivity index (χ0v) is 12.8. The zero-order valence-electron chi connectivity index (χ0n) is 12.8. The number of benzene rings is 2. The third kappa shape index (κ3) is 4.57. The van der Waals surface area contributed by atoms with Gasteiger partial charge in [-0.25, -0.2) is 4.39 Å². The molecule has 2 nitrogen and oxygen atoms in total. The molecule has 2 aromatic rings. The first-order chi connectivity index (χ1) is 10.1. The number of rotatable bonds is 6. The highest BCUT2D eigenvalue weighted by Gasteiger charge is 2.08. The Morgan fingerprint density at radius 2 is 1.67 bits per heavy atom. The maximum absolute atomic E-state index is 12.9. The predicted molar refractivity (Wildman–Crippen MR) is 83.9 cm³/mol. The van der Waals surface area contributed by atoms with E-state index in [1.54, 1.807) is 0 Å². The van der Waals surface area contributed by atoms with Gasteiger partial charge in [0.15, 0.2) is 0 Å². The second-order valence-corrected chi connectivity index (χ2v) is 5.43. The molecule has 0 aliphatic carbocycles. The van der Waals surface area contributed by atoms with Crippen LogP contribution >= 0.6 is 0 Å². The van der Waals surface area contributed by atoms with Gasteiger partial charge < -0.3 is 10.1 Å². The molecule has 3 heteroatoms. The summed E-state index contributed by atoms with van der Waals surface area (Å²) in [6, 6.07) is 14.8. The molecule has 112 valence electrons. The Hall–Kier alpha value is -1.87. The van der Waals surface area contributed by atoms with Crippen molar-refractivity contribution in [3.05, 3.63) is 65.5 Å². The third-order valence-corrected chi connectivity index (χ3v) is 3.30. The van der Waals surface area contributed by atoms with Gasteiger partial charge in [0, 0.05) is 18.2 Å². The summed E-state index contributed by atoms with van der Waals surface area (Å²) in [6.45, 7) is 6.82. The molecule has 0 heterocycles. The molecule has 1 N–H and O–H groups in total. The van der Waals surface area contributed by atoms with Crippen LogP contribution in [0.25, 0.3) is 0 Å². The fourth-order valence-corrected chi connectivity index (χ4v) is 2.15. The SMILES string of the molecule is CC(C)Oc1ccccc1CN[C@@H](C)c1ccc(F)cc1. The quantitative estimate of drug-likeness (QED) is 0.846. The van der Waals surface area contributed by atoms with Crippen molar-refractivity contribution in [3.8, 4) is 5.75 Å². The van der Waals surface area contributed by atoms with E-state index in [9.17, 15) is 4.39 Å². The minimum atomic E-state index is -0.207. The van der Waals surface area contributed by atoms with Crippen molar-refractivity contribution in [2.45, 2.75) is 39.5 Å². The standard InChI is InChI=1S/C18H22FNO/c1-13(2)21-18-7-5-4-6-16(18)12-20-14(3)15-8-10-17(19)11-9-15/h4-11,13-14,20H,12H2,1-3H3/t14-/m0/s1. The fourth-order valence-electron chi connectivity index (χ4n) is 2.15. The molecule has 0 aliphatic heterocycles. The smallest absolute Gasteiger partial charge is 0.124 e. The van der Waals surface area contributed by atoms with Gasteiger partial charge in [0.05, 0.1) is 6.10 Å². The van der Waals surface area contributed by atoms with Crippen LogP contribution in [0.4, 0.5) is 4.39 Å². The van der Waals surface area contributed by atoms with Crippen molar-refractivity contribution >= 4 is 0 Å². The molecule has 0 aromatic heterocycles. The first-order valence-electron chi connectivity index (χ1n) is 7.29. The molecule has 0 unspecified atom stereocenters. The minimum absolute atomic E-state index is 0.151. The molecule has 0 amide bonds. The van der Waals surface area contributed by atoms with Crippen LogP contribution in [0.5, 0.6) is 5.75 Å². The lowest BCUT2D eigenvalue weighted by atomic mass is 10.1. The molecule has 0 radical (unpaired) electrons. The van der Waals surface area contributed by atoms with Crippen molar-refractivity contribution in [1.29, 1.82) is 0 Å². The lowest BCUT2D eigenvalue weighted by molar-refractivity contribution is 0.239. The monoisotopic (exact) mass is 287 g/mol. The van der Waals surface area contributed by atoms with Crippen LogP contribution in [0.15, 0.2) is 48.5 Å². The Labute approximate surface area is 126 Å². The van der Waals surface area contributed by atoms with E-state index in [1.165, 1.54) is 12.1 Å². The highest BCUT2D eigenvalue weighted by molar-refractivity contribution is 5.33. The lowest BCUT2D eigenvalue weighted by Crippen LogP contribution is -2.19. The van der Waals surface area contributed by atoms with Crippen LogP contribution in [0.2, 0.25) is 0 Å². The molecule has 0 saturated heterocycles. The Balaban J connectivity index is 2.01. The van der Waals surface area contributed by atoms with Crippen molar-refractivity contribution < 1.29 is 9.13 Å². The van der Waals surface area contributed by atoms with Crippen LogP contribution in [0, 0.1) is 5.82 Å². The van der Waals surface area contributed by atoms with Crippen molar-refractivity contribution in [3.63, 3.8) is 0 Å². The third-order valence-electron chi connectivity index (χ3n) is 3.30. The van der Waals surface area contributed by atoms with Gasteiger partial charge in [-0.15, -0.1) is 0 Å². The molecule has 21 heavy (non-hydrogen) atoms. The number of ether oxygens (including phenoxy) is 1. The van der Waals surface area contributed by atoms with E-state index in [0.717, 1.165) is 16.9 Å². The van der Waals surface area contributed by atoms with Gasteiger partial charge in [-0.2, -0.15) is 0 Å². The Kier molecular flexibility index (Phi) is 5.34. The van der Waals surface area contributed by atoms with E-state index < -0.39 is 0 Å². The van der Waals surface area contributed by atoms with E-state index in [-0.39, 0.29) is 18.0 Å². The van der Waals surface area contributed by atoms with E-state index in [1.807, 2.05) is 44.2 Å². The van der Waals surface area contributed by atoms with Gasteiger partial charge in [-0.05, 0) is 44.5 Å². The number of halogens is 1. The normalized spacial score (nSPS) is 12.4. The van der Waals surface area contributed by atoms with Crippen LogP contribution in [-0.2, 0) is 6.54 Å². The van der Waals surface area contributed by atoms with E-state index in [4.69, 9.17) is 4.74 Å².